The van der Waals surface area contributed by atoms with Gasteiger partial charge in [0.15, 0.2) is 5.82 Å². The van der Waals surface area contributed by atoms with Crippen molar-refractivity contribution in [2.24, 2.45) is 0 Å². The molecule has 0 aliphatic carbocycles. The van der Waals surface area contributed by atoms with Crippen molar-refractivity contribution in [1.82, 2.24) is 10.1 Å². The van der Waals surface area contributed by atoms with Crippen molar-refractivity contribution in [2.45, 2.75) is 18.8 Å². The summed E-state index contributed by atoms with van der Waals surface area (Å²) in [6.07, 6.45) is 1.89. The Morgan fingerprint density at radius 3 is 2.79 bits per heavy atom. The van der Waals surface area contributed by atoms with E-state index in [0.717, 1.165) is 41.9 Å². The lowest BCUT2D eigenvalue weighted by atomic mass is 10.00. The number of nitrogens with zero attached hydrogens (tertiary/aromatic N) is 2. The fourth-order valence-corrected chi connectivity index (χ4v) is 2.40. The van der Waals surface area contributed by atoms with Crippen molar-refractivity contribution in [3.63, 3.8) is 0 Å². The van der Waals surface area contributed by atoms with Gasteiger partial charge < -0.3 is 15.0 Å². The third kappa shape index (κ3) is 2.64. The molecule has 0 atom stereocenters. The second-order valence-corrected chi connectivity index (χ2v) is 5.44. The highest BCUT2D eigenvalue weighted by Crippen LogP contribution is 2.29. The van der Waals surface area contributed by atoms with E-state index in [1.54, 1.807) is 0 Å². The molecule has 3 rings (SSSR count). The monoisotopic (exact) mass is 323 g/mol. The van der Waals surface area contributed by atoms with Gasteiger partial charge in [0.2, 0.25) is 0 Å². The number of hydrogen-bond donors (Lipinski definition) is 1. The molecule has 1 saturated heterocycles. The Balaban J connectivity index is 1.85. The van der Waals surface area contributed by atoms with Crippen LogP contribution in [0.25, 0.3) is 11.5 Å². The summed E-state index contributed by atoms with van der Waals surface area (Å²) in [5.41, 5.74) is 7.35. The van der Waals surface area contributed by atoms with E-state index in [0.29, 0.717) is 17.5 Å². The van der Waals surface area contributed by atoms with E-state index in [9.17, 15) is 0 Å². The molecule has 2 N–H and O–H groups in total. The second-order valence-electron chi connectivity index (χ2n) is 4.58. The van der Waals surface area contributed by atoms with Crippen molar-refractivity contribution in [2.75, 3.05) is 18.9 Å². The second kappa shape index (κ2) is 5.30. The number of rotatable bonds is 2. The van der Waals surface area contributed by atoms with Gasteiger partial charge in [0.1, 0.15) is 0 Å². The average Bonchev–Trinajstić information content (AvgIpc) is 2.93. The molecule has 6 heteroatoms. The quantitative estimate of drug-likeness (QED) is 0.860. The molecule has 0 spiro atoms. The number of nitrogens with two attached hydrogens (primary N) is 1. The van der Waals surface area contributed by atoms with Gasteiger partial charge in [-0.15, -0.1) is 0 Å². The Bertz CT molecular complexity index is 579. The Labute approximate surface area is 119 Å². The smallest absolute Gasteiger partial charge is 0.258 e. The van der Waals surface area contributed by atoms with E-state index in [2.05, 4.69) is 26.1 Å². The lowest BCUT2D eigenvalue weighted by Crippen LogP contribution is -2.15. The molecule has 2 aromatic rings. The van der Waals surface area contributed by atoms with Crippen molar-refractivity contribution in [3.8, 4) is 11.5 Å². The van der Waals surface area contributed by atoms with E-state index in [1.807, 2.05) is 18.2 Å². The van der Waals surface area contributed by atoms with Gasteiger partial charge in [-0.3, -0.25) is 0 Å². The van der Waals surface area contributed by atoms with Crippen molar-refractivity contribution in [3.05, 3.63) is 28.5 Å². The lowest BCUT2D eigenvalue weighted by molar-refractivity contribution is 0.0830. The molecule has 5 nitrogen and oxygen atoms in total. The molecule has 2 heterocycles. The highest BCUT2D eigenvalue weighted by Gasteiger charge is 2.21. The van der Waals surface area contributed by atoms with Gasteiger partial charge in [-0.25, -0.2) is 0 Å². The summed E-state index contributed by atoms with van der Waals surface area (Å²) in [7, 11) is 0. The number of ether oxygens (including phenoxy) is 1. The standard InChI is InChI=1S/C13H14BrN3O2/c14-10-2-1-9(7-11(10)15)13-16-12(17-19-13)8-3-5-18-6-4-8/h1-2,7-8H,3-6,15H2. The first-order valence-electron chi connectivity index (χ1n) is 6.21. The van der Waals surface area contributed by atoms with Crippen LogP contribution in [0.1, 0.15) is 24.6 Å². The van der Waals surface area contributed by atoms with Crippen LogP contribution in [0.3, 0.4) is 0 Å². The molecular formula is C13H14BrN3O2. The number of anilines is 1. The van der Waals surface area contributed by atoms with Crippen LogP contribution in [0.4, 0.5) is 5.69 Å². The third-order valence-electron chi connectivity index (χ3n) is 3.27. The Hall–Kier alpha value is -1.40. The maximum Gasteiger partial charge on any atom is 0.258 e. The lowest BCUT2D eigenvalue weighted by Gasteiger charge is -2.18. The molecule has 1 fully saturated rings. The van der Waals surface area contributed by atoms with Gasteiger partial charge in [-0.05, 0) is 47.0 Å². The van der Waals surface area contributed by atoms with Gasteiger partial charge in [0.25, 0.3) is 5.89 Å². The zero-order valence-corrected chi connectivity index (χ0v) is 11.9. The highest BCUT2D eigenvalue weighted by molar-refractivity contribution is 9.10. The van der Waals surface area contributed by atoms with Crippen LogP contribution in [0, 0.1) is 0 Å². The maximum atomic E-state index is 5.85. The average molecular weight is 324 g/mol. The molecule has 19 heavy (non-hydrogen) atoms. The molecule has 1 aromatic heterocycles. The summed E-state index contributed by atoms with van der Waals surface area (Å²) in [5.74, 6) is 1.61. The van der Waals surface area contributed by atoms with E-state index in [4.69, 9.17) is 15.0 Å². The van der Waals surface area contributed by atoms with E-state index >= 15 is 0 Å². The van der Waals surface area contributed by atoms with Crippen LogP contribution >= 0.6 is 15.9 Å². The summed E-state index contributed by atoms with van der Waals surface area (Å²) in [4.78, 5) is 4.47. The van der Waals surface area contributed by atoms with Crippen molar-refractivity contribution in [1.29, 1.82) is 0 Å². The summed E-state index contributed by atoms with van der Waals surface area (Å²) in [5, 5.41) is 4.07. The number of benzene rings is 1. The minimum atomic E-state index is 0.332. The number of halogens is 1. The van der Waals surface area contributed by atoms with Crippen LogP contribution in [0.2, 0.25) is 0 Å². The predicted molar refractivity (Wildman–Crippen MR) is 74.6 cm³/mol. The molecule has 1 aromatic carbocycles. The normalized spacial score (nSPS) is 16.7. The third-order valence-corrected chi connectivity index (χ3v) is 3.99. The van der Waals surface area contributed by atoms with Crippen LogP contribution in [0.5, 0.6) is 0 Å². The number of hydrogen-bond acceptors (Lipinski definition) is 5. The first kappa shape index (κ1) is 12.6. The summed E-state index contributed by atoms with van der Waals surface area (Å²) in [6, 6.07) is 5.61. The van der Waals surface area contributed by atoms with Crippen molar-refractivity contribution >= 4 is 21.6 Å². The molecule has 0 saturated carbocycles. The SMILES string of the molecule is Nc1cc(-c2nc(C3CCOCC3)no2)ccc1Br. The van der Waals surface area contributed by atoms with Gasteiger partial charge in [-0.1, -0.05) is 5.16 Å². The fraction of sp³-hybridized carbons (Fsp3) is 0.385. The molecule has 0 amide bonds. The van der Waals surface area contributed by atoms with E-state index < -0.39 is 0 Å². The minimum absolute atomic E-state index is 0.332. The van der Waals surface area contributed by atoms with E-state index in [1.165, 1.54) is 0 Å². The Morgan fingerprint density at radius 1 is 1.26 bits per heavy atom. The van der Waals surface area contributed by atoms with Gasteiger partial charge in [0, 0.05) is 34.9 Å². The first-order valence-corrected chi connectivity index (χ1v) is 7.00. The van der Waals surface area contributed by atoms with Crippen LogP contribution < -0.4 is 5.73 Å². The van der Waals surface area contributed by atoms with E-state index in [-0.39, 0.29) is 0 Å². The largest absolute Gasteiger partial charge is 0.398 e. The summed E-state index contributed by atoms with van der Waals surface area (Å²) < 4.78 is 11.5. The van der Waals surface area contributed by atoms with Gasteiger partial charge >= 0.3 is 0 Å². The fourth-order valence-electron chi connectivity index (χ4n) is 2.15. The Morgan fingerprint density at radius 2 is 2.05 bits per heavy atom. The zero-order chi connectivity index (χ0) is 13.2. The topological polar surface area (TPSA) is 74.2 Å². The molecule has 1 aliphatic heterocycles. The summed E-state index contributed by atoms with van der Waals surface area (Å²) >= 11 is 3.36. The minimum Gasteiger partial charge on any atom is -0.398 e. The zero-order valence-electron chi connectivity index (χ0n) is 10.3. The van der Waals surface area contributed by atoms with Crippen LogP contribution in [0.15, 0.2) is 27.2 Å². The summed E-state index contributed by atoms with van der Waals surface area (Å²) in [6.45, 7) is 1.53. The molecular weight excluding hydrogens is 310 g/mol. The predicted octanol–water partition coefficient (Wildman–Crippen LogP) is 2.98. The van der Waals surface area contributed by atoms with Crippen LogP contribution in [-0.4, -0.2) is 23.4 Å². The van der Waals surface area contributed by atoms with Crippen LogP contribution in [-0.2, 0) is 4.74 Å². The molecule has 100 valence electrons. The molecule has 0 radical (unpaired) electrons. The first-order chi connectivity index (χ1) is 9.24. The Kier molecular flexibility index (Phi) is 3.52. The van der Waals surface area contributed by atoms with Gasteiger partial charge in [-0.2, -0.15) is 4.98 Å². The molecule has 0 unspecified atom stereocenters. The number of aromatic nitrogens is 2. The van der Waals surface area contributed by atoms with Gasteiger partial charge in [0.05, 0.1) is 0 Å². The highest BCUT2D eigenvalue weighted by atomic mass is 79.9. The molecule has 0 bridgehead atoms. The molecule has 1 aliphatic rings. The van der Waals surface area contributed by atoms with Crippen molar-refractivity contribution < 1.29 is 9.26 Å². The number of nitrogen functional groups attached to an aromatic ring is 1. The maximum absolute atomic E-state index is 5.85.